The van der Waals surface area contributed by atoms with Crippen LogP contribution in [0.15, 0.2) is 36.4 Å². The Morgan fingerprint density at radius 1 is 1.05 bits per heavy atom. The Morgan fingerprint density at radius 2 is 1.81 bits per heavy atom. The van der Waals surface area contributed by atoms with Crippen LogP contribution in [0.4, 0.5) is 8.78 Å². The molecule has 0 bridgehead atoms. The molecule has 0 radical (unpaired) electrons. The van der Waals surface area contributed by atoms with Gasteiger partial charge >= 0.3 is 0 Å². The Morgan fingerprint density at radius 3 is 2.48 bits per heavy atom. The molecule has 1 unspecified atom stereocenters. The highest BCUT2D eigenvalue weighted by Crippen LogP contribution is 2.28. The van der Waals surface area contributed by atoms with Gasteiger partial charge in [-0.3, -0.25) is 0 Å². The van der Waals surface area contributed by atoms with E-state index in [-0.39, 0.29) is 17.5 Å². The van der Waals surface area contributed by atoms with Gasteiger partial charge in [0.1, 0.15) is 0 Å². The number of ether oxygens (including phenoxy) is 1. The van der Waals surface area contributed by atoms with E-state index < -0.39 is 11.6 Å². The van der Waals surface area contributed by atoms with Crippen molar-refractivity contribution < 1.29 is 13.5 Å². The number of halogens is 2. The van der Waals surface area contributed by atoms with E-state index in [4.69, 9.17) is 10.5 Å². The van der Waals surface area contributed by atoms with Crippen molar-refractivity contribution in [3.05, 3.63) is 59.2 Å². The van der Waals surface area contributed by atoms with E-state index in [1.54, 1.807) is 12.1 Å². The number of hydrogen-bond donors (Lipinski definition) is 1. The lowest BCUT2D eigenvalue weighted by Crippen LogP contribution is -2.21. The minimum Gasteiger partial charge on any atom is -0.451 e. The number of benzene rings is 2. The van der Waals surface area contributed by atoms with Crippen molar-refractivity contribution in [1.29, 1.82) is 0 Å². The maximum absolute atomic E-state index is 14.0. The predicted octanol–water partition coefficient (Wildman–Crippen LogP) is 4.35. The van der Waals surface area contributed by atoms with Crippen molar-refractivity contribution in [2.75, 3.05) is 0 Å². The fourth-order valence-corrected chi connectivity index (χ4v) is 2.01. The lowest BCUT2D eigenvalue weighted by Gasteiger charge is -2.12. The summed E-state index contributed by atoms with van der Waals surface area (Å²) < 4.78 is 33.0. The molecular formula is C17H19F2NO. The molecule has 0 fully saturated rings. The Hall–Kier alpha value is -1.94. The van der Waals surface area contributed by atoms with Gasteiger partial charge in [0.25, 0.3) is 0 Å². The zero-order chi connectivity index (χ0) is 15.4. The van der Waals surface area contributed by atoms with Crippen LogP contribution in [0, 0.1) is 18.6 Å². The van der Waals surface area contributed by atoms with Crippen molar-refractivity contribution in [1.82, 2.24) is 0 Å². The highest BCUT2D eigenvalue weighted by molar-refractivity contribution is 5.37. The molecule has 2 N–H and O–H groups in total. The third-order valence-corrected chi connectivity index (χ3v) is 3.33. The van der Waals surface area contributed by atoms with Crippen LogP contribution in [-0.4, -0.2) is 6.04 Å². The van der Waals surface area contributed by atoms with Crippen LogP contribution in [0.2, 0.25) is 0 Å². The molecular weight excluding hydrogens is 272 g/mol. The van der Waals surface area contributed by atoms with E-state index in [1.807, 2.05) is 13.8 Å². The van der Waals surface area contributed by atoms with Gasteiger partial charge in [-0.05, 0) is 55.2 Å². The first-order chi connectivity index (χ1) is 9.99. The largest absolute Gasteiger partial charge is 0.451 e. The normalized spacial score (nSPS) is 12.2. The van der Waals surface area contributed by atoms with Crippen molar-refractivity contribution in [3.63, 3.8) is 0 Å². The molecule has 0 aliphatic heterocycles. The molecule has 0 amide bonds. The predicted molar refractivity (Wildman–Crippen MR) is 79.6 cm³/mol. The molecule has 2 nitrogen and oxygen atoms in total. The van der Waals surface area contributed by atoms with Crippen LogP contribution in [0.3, 0.4) is 0 Å². The summed E-state index contributed by atoms with van der Waals surface area (Å²) in [7, 11) is 0. The Bertz CT molecular complexity index is 628. The van der Waals surface area contributed by atoms with E-state index in [0.29, 0.717) is 6.42 Å². The maximum Gasteiger partial charge on any atom is 0.165 e. The van der Waals surface area contributed by atoms with Gasteiger partial charge in [0.05, 0.1) is 0 Å². The van der Waals surface area contributed by atoms with Crippen LogP contribution in [0.5, 0.6) is 11.5 Å². The third-order valence-electron chi connectivity index (χ3n) is 3.33. The first-order valence-electron chi connectivity index (χ1n) is 6.97. The lowest BCUT2D eigenvalue weighted by molar-refractivity contribution is 0.413. The van der Waals surface area contributed by atoms with E-state index >= 15 is 0 Å². The fourth-order valence-electron chi connectivity index (χ4n) is 2.01. The summed E-state index contributed by atoms with van der Waals surface area (Å²) in [5, 5.41) is 0. The van der Waals surface area contributed by atoms with Crippen molar-refractivity contribution >= 4 is 0 Å². The average Bonchev–Trinajstić information content (AvgIpc) is 2.45. The molecule has 21 heavy (non-hydrogen) atoms. The summed E-state index contributed by atoms with van der Waals surface area (Å²) >= 11 is 0. The van der Waals surface area contributed by atoms with Gasteiger partial charge in [0.2, 0.25) is 0 Å². The summed E-state index contributed by atoms with van der Waals surface area (Å²) in [6.07, 6.45) is 1.43. The number of nitrogens with two attached hydrogens (primary N) is 1. The summed E-state index contributed by atoms with van der Waals surface area (Å²) in [4.78, 5) is 0. The van der Waals surface area contributed by atoms with Crippen LogP contribution in [0.1, 0.15) is 24.5 Å². The molecule has 2 rings (SSSR count). The topological polar surface area (TPSA) is 35.2 Å². The SMILES string of the molecule is CCC(N)Cc1ccc(Oc2cc(C)ccc2F)c(F)c1. The van der Waals surface area contributed by atoms with E-state index in [1.165, 1.54) is 24.3 Å². The van der Waals surface area contributed by atoms with Crippen molar-refractivity contribution in [3.8, 4) is 11.5 Å². The molecule has 0 saturated carbocycles. The summed E-state index contributed by atoms with van der Waals surface area (Å²) in [6.45, 7) is 3.80. The molecule has 112 valence electrons. The molecule has 1 atom stereocenters. The minimum atomic E-state index is -0.517. The first kappa shape index (κ1) is 15.4. The molecule has 0 aliphatic rings. The second-order valence-corrected chi connectivity index (χ2v) is 5.17. The van der Waals surface area contributed by atoms with E-state index in [0.717, 1.165) is 17.5 Å². The first-order valence-corrected chi connectivity index (χ1v) is 6.97. The Labute approximate surface area is 123 Å². The summed E-state index contributed by atoms with van der Waals surface area (Å²) in [5.74, 6) is -1.01. The molecule has 0 aliphatic carbocycles. The van der Waals surface area contributed by atoms with Gasteiger partial charge in [-0.2, -0.15) is 0 Å². The van der Waals surface area contributed by atoms with Crippen molar-refractivity contribution in [2.24, 2.45) is 5.73 Å². The monoisotopic (exact) mass is 291 g/mol. The zero-order valence-electron chi connectivity index (χ0n) is 12.2. The average molecular weight is 291 g/mol. The van der Waals surface area contributed by atoms with Gasteiger partial charge in [0.15, 0.2) is 23.1 Å². The molecule has 0 aromatic heterocycles. The van der Waals surface area contributed by atoms with Crippen LogP contribution < -0.4 is 10.5 Å². The minimum absolute atomic E-state index is 0.00499. The van der Waals surface area contributed by atoms with Crippen molar-refractivity contribution in [2.45, 2.75) is 32.7 Å². The molecule has 2 aromatic carbocycles. The standard InChI is InChI=1S/C17H19F2NO/c1-3-13(20)9-12-5-7-16(15(19)10-12)21-17-8-11(2)4-6-14(17)18/h4-8,10,13H,3,9,20H2,1-2H3. The summed E-state index contributed by atoms with van der Waals surface area (Å²) in [5.41, 5.74) is 7.50. The number of hydrogen-bond acceptors (Lipinski definition) is 2. The molecule has 4 heteroatoms. The molecule has 0 saturated heterocycles. The molecule has 0 heterocycles. The Balaban J connectivity index is 2.19. The zero-order valence-corrected chi connectivity index (χ0v) is 12.2. The van der Waals surface area contributed by atoms with Gasteiger partial charge < -0.3 is 10.5 Å². The quantitative estimate of drug-likeness (QED) is 0.889. The second kappa shape index (κ2) is 6.68. The van der Waals surface area contributed by atoms with Crippen LogP contribution in [0.25, 0.3) is 0 Å². The van der Waals surface area contributed by atoms with Gasteiger partial charge in [-0.25, -0.2) is 8.78 Å². The summed E-state index contributed by atoms with van der Waals surface area (Å²) in [6, 6.07) is 9.13. The van der Waals surface area contributed by atoms with Gasteiger partial charge in [-0.1, -0.05) is 19.1 Å². The maximum atomic E-state index is 14.0. The molecule has 0 spiro atoms. The fraction of sp³-hybridized carbons (Fsp3) is 0.294. The van der Waals surface area contributed by atoms with E-state index in [2.05, 4.69) is 0 Å². The van der Waals surface area contributed by atoms with Crippen LogP contribution >= 0.6 is 0 Å². The second-order valence-electron chi connectivity index (χ2n) is 5.17. The number of aryl methyl sites for hydroxylation is 1. The highest BCUT2D eigenvalue weighted by atomic mass is 19.1. The molecule has 2 aromatic rings. The van der Waals surface area contributed by atoms with E-state index in [9.17, 15) is 8.78 Å². The smallest absolute Gasteiger partial charge is 0.165 e. The third kappa shape index (κ3) is 4.02. The lowest BCUT2D eigenvalue weighted by atomic mass is 10.0. The Kier molecular flexibility index (Phi) is 4.91. The highest BCUT2D eigenvalue weighted by Gasteiger charge is 2.11. The number of rotatable bonds is 5. The van der Waals surface area contributed by atoms with Gasteiger partial charge in [-0.15, -0.1) is 0 Å². The van der Waals surface area contributed by atoms with Crippen LogP contribution in [-0.2, 0) is 6.42 Å². The van der Waals surface area contributed by atoms with Gasteiger partial charge in [0, 0.05) is 6.04 Å².